The second-order valence-corrected chi connectivity index (χ2v) is 3.48. The number of aromatic nitrogens is 1. The summed E-state index contributed by atoms with van der Waals surface area (Å²) in [6.07, 6.45) is 3.55. The topological polar surface area (TPSA) is 48.8 Å². The SMILES string of the molecule is N=C(NCl)c1ccc(-c2cccnc2)cc1. The van der Waals surface area contributed by atoms with Crippen LogP contribution in [-0.2, 0) is 0 Å². The number of benzene rings is 1. The minimum atomic E-state index is 0.194. The van der Waals surface area contributed by atoms with E-state index < -0.39 is 0 Å². The van der Waals surface area contributed by atoms with Crippen LogP contribution in [0.15, 0.2) is 48.8 Å². The van der Waals surface area contributed by atoms with Gasteiger partial charge < -0.3 is 0 Å². The number of hydrogen-bond donors (Lipinski definition) is 2. The molecule has 0 unspecified atom stereocenters. The summed E-state index contributed by atoms with van der Waals surface area (Å²) in [7, 11) is 0. The van der Waals surface area contributed by atoms with Gasteiger partial charge >= 0.3 is 0 Å². The van der Waals surface area contributed by atoms with Crippen molar-refractivity contribution in [3.8, 4) is 11.1 Å². The molecular formula is C12H10ClN3. The fraction of sp³-hybridized carbons (Fsp3) is 0. The maximum atomic E-state index is 7.50. The molecule has 2 rings (SSSR count). The van der Waals surface area contributed by atoms with Crippen molar-refractivity contribution in [3.05, 3.63) is 54.4 Å². The average molecular weight is 232 g/mol. The highest BCUT2D eigenvalue weighted by molar-refractivity contribution is 6.24. The molecule has 2 aromatic rings. The molecule has 2 N–H and O–H groups in total. The lowest BCUT2D eigenvalue weighted by atomic mass is 10.1. The molecule has 1 aromatic carbocycles. The maximum absolute atomic E-state index is 7.50. The molecule has 1 aromatic heterocycles. The fourth-order valence-corrected chi connectivity index (χ4v) is 1.53. The molecular weight excluding hydrogens is 222 g/mol. The molecule has 0 aliphatic heterocycles. The number of pyridine rings is 1. The van der Waals surface area contributed by atoms with Gasteiger partial charge in [0.25, 0.3) is 0 Å². The highest BCUT2D eigenvalue weighted by Crippen LogP contribution is 2.18. The Morgan fingerprint density at radius 2 is 1.88 bits per heavy atom. The van der Waals surface area contributed by atoms with E-state index in [4.69, 9.17) is 17.2 Å². The highest BCUT2D eigenvalue weighted by Gasteiger charge is 2.00. The quantitative estimate of drug-likeness (QED) is 0.474. The second kappa shape index (κ2) is 4.77. The third-order valence-electron chi connectivity index (χ3n) is 2.26. The van der Waals surface area contributed by atoms with E-state index in [-0.39, 0.29) is 5.84 Å². The molecule has 0 spiro atoms. The van der Waals surface area contributed by atoms with Gasteiger partial charge in [0.05, 0.1) is 0 Å². The van der Waals surface area contributed by atoms with Crippen molar-refractivity contribution < 1.29 is 0 Å². The van der Waals surface area contributed by atoms with E-state index in [9.17, 15) is 0 Å². The van der Waals surface area contributed by atoms with Crippen molar-refractivity contribution in [1.29, 1.82) is 5.41 Å². The highest BCUT2D eigenvalue weighted by atomic mass is 35.5. The van der Waals surface area contributed by atoms with Crippen LogP contribution in [0, 0.1) is 5.41 Å². The summed E-state index contributed by atoms with van der Waals surface area (Å²) >= 11 is 5.36. The maximum Gasteiger partial charge on any atom is 0.140 e. The minimum absolute atomic E-state index is 0.194. The molecule has 0 fully saturated rings. The van der Waals surface area contributed by atoms with Crippen molar-refractivity contribution in [2.75, 3.05) is 0 Å². The van der Waals surface area contributed by atoms with Gasteiger partial charge in [-0.2, -0.15) is 0 Å². The first-order valence-electron chi connectivity index (χ1n) is 4.77. The summed E-state index contributed by atoms with van der Waals surface area (Å²) in [5.41, 5.74) is 2.88. The summed E-state index contributed by atoms with van der Waals surface area (Å²) in [5.74, 6) is 0.194. The Kier molecular flexibility index (Phi) is 3.17. The molecule has 1 heterocycles. The van der Waals surface area contributed by atoms with E-state index in [2.05, 4.69) is 9.82 Å². The predicted molar refractivity (Wildman–Crippen MR) is 65.5 cm³/mol. The van der Waals surface area contributed by atoms with Crippen LogP contribution in [0.2, 0.25) is 0 Å². The molecule has 16 heavy (non-hydrogen) atoms. The van der Waals surface area contributed by atoms with Crippen LogP contribution < -0.4 is 4.84 Å². The third-order valence-corrected chi connectivity index (χ3v) is 2.45. The molecule has 0 aliphatic rings. The van der Waals surface area contributed by atoms with Gasteiger partial charge in [-0.25, -0.2) is 0 Å². The number of amidine groups is 1. The first-order valence-corrected chi connectivity index (χ1v) is 5.15. The Hall–Kier alpha value is -1.87. The molecule has 3 nitrogen and oxygen atoms in total. The molecule has 0 amide bonds. The number of nitrogens with zero attached hydrogens (tertiary/aromatic N) is 1. The first-order chi connectivity index (χ1) is 7.81. The second-order valence-electron chi connectivity index (χ2n) is 3.29. The fourth-order valence-electron chi connectivity index (χ4n) is 1.42. The Morgan fingerprint density at radius 1 is 1.12 bits per heavy atom. The predicted octanol–water partition coefficient (Wildman–Crippen LogP) is 2.82. The van der Waals surface area contributed by atoms with Crippen LogP contribution in [0.25, 0.3) is 11.1 Å². The van der Waals surface area contributed by atoms with Crippen molar-refractivity contribution >= 4 is 17.6 Å². The van der Waals surface area contributed by atoms with Gasteiger partial charge in [-0.3, -0.25) is 15.2 Å². The van der Waals surface area contributed by atoms with Gasteiger partial charge in [-0.1, -0.05) is 30.3 Å². The van der Waals surface area contributed by atoms with Gasteiger partial charge in [-0.15, -0.1) is 0 Å². The van der Waals surface area contributed by atoms with Gasteiger partial charge in [0.15, 0.2) is 0 Å². The third kappa shape index (κ3) is 2.20. The van der Waals surface area contributed by atoms with Crippen LogP contribution >= 0.6 is 11.8 Å². The lowest BCUT2D eigenvalue weighted by molar-refractivity contribution is 1.32. The zero-order chi connectivity index (χ0) is 11.4. The lowest BCUT2D eigenvalue weighted by Crippen LogP contribution is -2.11. The standard InChI is InChI=1S/C12H10ClN3/c13-16-12(14)10-5-3-9(4-6-10)11-2-1-7-15-8-11/h1-8H,(H2,14,16). The van der Waals surface area contributed by atoms with Gasteiger partial charge in [-0.05, 0) is 17.2 Å². The van der Waals surface area contributed by atoms with Crippen molar-refractivity contribution in [2.24, 2.45) is 0 Å². The molecule has 0 aliphatic carbocycles. The van der Waals surface area contributed by atoms with Crippen molar-refractivity contribution in [3.63, 3.8) is 0 Å². The van der Waals surface area contributed by atoms with E-state index in [1.54, 1.807) is 12.4 Å². The van der Waals surface area contributed by atoms with Crippen molar-refractivity contribution in [1.82, 2.24) is 9.82 Å². The molecule has 0 saturated heterocycles. The number of halogens is 1. The summed E-state index contributed by atoms with van der Waals surface area (Å²) in [5, 5.41) is 7.50. The normalized spacial score (nSPS) is 9.81. The van der Waals surface area contributed by atoms with Crippen LogP contribution in [0.5, 0.6) is 0 Å². The van der Waals surface area contributed by atoms with E-state index in [0.717, 1.165) is 16.7 Å². The molecule has 0 saturated carbocycles. The van der Waals surface area contributed by atoms with Crippen LogP contribution in [0.4, 0.5) is 0 Å². The van der Waals surface area contributed by atoms with E-state index in [1.807, 2.05) is 36.4 Å². The molecule has 0 bridgehead atoms. The van der Waals surface area contributed by atoms with Gasteiger partial charge in [0.1, 0.15) is 5.84 Å². The summed E-state index contributed by atoms with van der Waals surface area (Å²) < 4.78 is 0. The van der Waals surface area contributed by atoms with Crippen LogP contribution in [-0.4, -0.2) is 10.8 Å². The summed E-state index contributed by atoms with van der Waals surface area (Å²) in [6, 6.07) is 11.5. The Labute approximate surface area is 98.7 Å². The average Bonchev–Trinajstić information content (AvgIpc) is 2.39. The minimum Gasteiger partial charge on any atom is -0.283 e. The van der Waals surface area contributed by atoms with Crippen LogP contribution in [0.1, 0.15) is 5.56 Å². The molecule has 0 atom stereocenters. The first kappa shape index (κ1) is 10.6. The summed E-state index contributed by atoms with van der Waals surface area (Å²) in [6.45, 7) is 0. The van der Waals surface area contributed by atoms with Gasteiger partial charge in [0, 0.05) is 29.7 Å². The monoisotopic (exact) mass is 231 g/mol. The largest absolute Gasteiger partial charge is 0.283 e. The molecule has 0 radical (unpaired) electrons. The molecule has 80 valence electrons. The zero-order valence-electron chi connectivity index (χ0n) is 8.44. The van der Waals surface area contributed by atoms with E-state index in [1.165, 1.54) is 0 Å². The zero-order valence-corrected chi connectivity index (χ0v) is 9.20. The summed E-state index contributed by atoms with van der Waals surface area (Å²) in [4.78, 5) is 6.34. The van der Waals surface area contributed by atoms with Crippen molar-refractivity contribution in [2.45, 2.75) is 0 Å². The number of hydrogen-bond acceptors (Lipinski definition) is 2. The Morgan fingerprint density at radius 3 is 2.44 bits per heavy atom. The van der Waals surface area contributed by atoms with Crippen LogP contribution in [0.3, 0.4) is 0 Å². The Bertz CT molecular complexity index is 479. The van der Waals surface area contributed by atoms with E-state index >= 15 is 0 Å². The smallest absolute Gasteiger partial charge is 0.140 e. The number of nitrogens with one attached hydrogen (secondary N) is 2. The molecule has 4 heteroatoms. The lowest BCUT2D eigenvalue weighted by Gasteiger charge is -2.03. The Balaban J connectivity index is 2.30. The van der Waals surface area contributed by atoms with Gasteiger partial charge in [0.2, 0.25) is 0 Å². The number of rotatable bonds is 2. The van der Waals surface area contributed by atoms with E-state index in [0.29, 0.717) is 0 Å².